The first kappa shape index (κ1) is 20.9. The molecule has 158 valence electrons. The summed E-state index contributed by atoms with van der Waals surface area (Å²) < 4.78 is 22.7. The standard InChI is InChI=1S/C19H15N5O4S3/c20-16-15(17-23-14(9-29-17)10-2-1-3-11(8-10)18(25)26)30-19(24-16)22-12-4-6-13(7-5-12)31(21,27)28/h1-9H,20H2,(H,22,24)(H,25,26)(H2,21,27,28). The Morgan fingerprint density at radius 2 is 1.84 bits per heavy atom. The second-order valence-corrected chi connectivity index (χ2v) is 9.77. The van der Waals surface area contributed by atoms with Crippen LogP contribution in [0.4, 0.5) is 16.6 Å². The summed E-state index contributed by atoms with van der Waals surface area (Å²) in [4.78, 5) is 20.8. The number of carbonyl (C=O) groups is 1. The number of rotatable bonds is 6. The van der Waals surface area contributed by atoms with E-state index in [4.69, 9.17) is 10.9 Å². The van der Waals surface area contributed by atoms with Crippen molar-refractivity contribution in [3.8, 4) is 21.1 Å². The van der Waals surface area contributed by atoms with Gasteiger partial charge in [0.25, 0.3) is 0 Å². The molecule has 0 fully saturated rings. The van der Waals surface area contributed by atoms with Crippen LogP contribution in [0.2, 0.25) is 0 Å². The fraction of sp³-hybridized carbons (Fsp3) is 0. The lowest BCUT2D eigenvalue weighted by molar-refractivity contribution is 0.0697. The van der Waals surface area contributed by atoms with E-state index in [1.54, 1.807) is 30.3 Å². The molecule has 0 saturated carbocycles. The molecule has 6 N–H and O–H groups in total. The molecular formula is C19H15N5O4S3. The first-order chi connectivity index (χ1) is 14.7. The van der Waals surface area contributed by atoms with Gasteiger partial charge in [0, 0.05) is 16.6 Å². The minimum absolute atomic E-state index is 0.0136. The van der Waals surface area contributed by atoms with Crippen molar-refractivity contribution >= 4 is 55.3 Å². The van der Waals surface area contributed by atoms with Gasteiger partial charge in [0.05, 0.1) is 16.2 Å². The molecule has 12 heteroatoms. The van der Waals surface area contributed by atoms with Gasteiger partial charge in [0.1, 0.15) is 15.7 Å². The van der Waals surface area contributed by atoms with E-state index in [0.29, 0.717) is 37.8 Å². The number of carboxylic acid groups (broad SMARTS) is 1. The SMILES string of the molecule is Nc1nc(Nc2ccc(S(N)(=O)=O)cc2)sc1-c1nc(-c2cccc(C(=O)O)c2)cs1. The number of carboxylic acids is 1. The summed E-state index contributed by atoms with van der Waals surface area (Å²) in [7, 11) is -3.76. The molecule has 0 atom stereocenters. The highest BCUT2D eigenvalue weighted by atomic mass is 32.2. The van der Waals surface area contributed by atoms with E-state index in [2.05, 4.69) is 15.3 Å². The second-order valence-electron chi connectivity index (χ2n) is 6.35. The maximum atomic E-state index is 11.4. The molecule has 9 nitrogen and oxygen atoms in total. The molecule has 0 amide bonds. The third kappa shape index (κ3) is 4.56. The molecule has 0 bridgehead atoms. The summed E-state index contributed by atoms with van der Waals surface area (Å²) in [6.45, 7) is 0. The lowest BCUT2D eigenvalue weighted by atomic mass is 10.1. The molecule has 0 aliphatic heterocycles. The second kappa shape index (κ2) is 8.07. The molecule has 2 aromatic heterocycles. The fourth-order valence-electron chi connectivity index (χ4n) is 2.71. The van der Waals surface area contributed by atoms with E-state index in [1.165, 1.54) is 40.9 Å². The van der Waals surface area contributed by atoms with Gasteiger partial charge in [-0.05, 0) is 36.4 Å². The van der Waals surface area contributed by atoms with Crippen molar-refractivity contribution in [1.82, 2.24) is 9.97 Å². The molecule has 0 saturated heterocycles. The van der Waals surface area contributed by atoms with E-state index in [1.807, 2.05) is 5.38 Å². The molecule has 0 radical (unpaired) electrons. The Hall–Kier alpha value is -3.32. The van der Waals surface area contributed by atoms with Crippen LogP contribution in [0.5, 0.6) is 0 Å². The molecule has 2 aromatic carbocycles. The summed E-state index contributed by atoms with van der Waals surface area (Å²) >= 11 is 2.67. The predicted molar refractivity (Wildman–Crippen MR) is 121 cm³/mol. The number of primary sulfonamides is 1. The van der Waals surface area contributed by atoms with Crippen molar-refractivity contribution in [2.24, 2.45) is 5.14 Å². The zero-order valence-corrected chi connectivity index (χ0v) is 18.1. The Morgan fingerprint density at radius 3 is 2.52 bits per heavy atom. The fourth-order valence-corrected chi connectivity index (χ4v) is 5.06. The maximum absolute atomic E-state index is 11.4. The number of anilines is 3. The third-order valence-corrected chi connectivity index (χ3v) is 7.10. The molecule has 31 heavy (non-hydrogen) atoms. The van der Waals surface area contributed by atoms with Gasteiger partial charge in [-0.2, -0.15) is 0 Å². The molecule has 0 aliphatic carbocycles. The van der Waals surface area contributed by atoms with E-state index < -0.39 is 16.0 Å². The van der Waals surface area contributed by atoms with Crippen molar-refractivity contribution in [2.45, 2.75) is 4.90 Å². The number of thiazole rings is 2. The minimum atomic E-state index is -3.76. The van der Waals surface area contributed by atoms with Crippen molar-refractivity contribution in [2.75, 3.05) is 11.1 Å². The summed E-state index contributed by atoms with van der Waals surface area (Å²) in [6.07, 6.45) is 0. The lowest BCUT2D eigenvalue weighted by Crippen LogP contribution is -2.11. The third-order valence-electron chi connectivity index (χ3n) is 4.19. The summed E-state index contributed by atoms with van der Waals surface area (Å²) in [5.41, 5.74) is 8.22. The molecule has 4 rings (SSSR count). The average Bonchev–Trinajstić information content (AvgIpc) is 3.34. The van der Waals surface area contributed by atoms with Crippen LogP contribution in [0, 0.1) is 0 Å². The van der Waals surface area contributed by atoms with Crippen molar-refractivity contribution < 1.29 is 18.3 Å². The van der Waals surface area contributed by atoms with Crippen LogP contribution in [-0.2, 0) is 10.0 Å². The number of hydrogen-bond donors (Lipinski definition) is 4. The number of nitrogens with zero attached hydrogens (tertiary/aromatic N) is 2. The number of sulfonamides is 1. The van der Waals surface area contributed by atoms with E-state index in [0.717, 1.165) is 0 Å². The van der Waals surface area contributed by atoms with Crippen molar-refractivity contribution in [1.29, 1.82) is 0 Å². The Bertz CT molecular complexity index is 1380. The average molecular weight is 474 g/mol. The highest BCUT2D eigenvalue weighted by Crippen LogP contribution is 2.39. The number of aromatic nitrogens is 2. The van der Waals surface area contributed by atoms with Crippen LogP contribution >= 0.6 is 22.7 Å². The monoisotopic (exact) mass is 473 g/mol. The largest absolute Gasteiger partial charge is 0.478 e. The van der Waals surface area contributed by atoms with Crippen LogP contribution in [-0.4, -0.2) is 29.5 Å². The van der Waals surface area contributed by atoms with Gasteiger partial charge < -0.3 is 16.2 Å². The normalized spacial score (nSPS) is 11.4. The van der Waals surface area contributed by atoms with Gasteiger partial charge in [-0.1, -0.05) is 23.5 Å². The summed E-state index contributed by atoms with van der Waals surface area (Å²) in [5, 5.41) is 20.3. The van der Waals surface area contributed by atoms with Crippen LogP contribution in [0.25, 0.3) is 21.1 Å². The smallest absolute Gasteiger partial charge is 0.335 e. The maximum Gasteiger partial charge on any atom is 0.335 e. The van der Waals surface area contributed by atoms with Gasteiger partial charge in [-0.25, -0.2) is 28.3 Å². The minimum Gasteiger partial charge on any atom is -0.478 e. The van der Waals surface area contributed by atoms with E-state index >= 15 is 0 Å². The van der Waals surface area contributed by atoms with Crippen LogP contribution in [0.1, 0.15) is 10.4 Å². The highest BCUT2D eigenvalue weighted by molar-refractivity contribution is 7.89. The number of nitrogens with two attached hydrogens (primary N) is 2. The molecule has 4 aromatic rings. The number of hydrogen-bond acceptors (Lipinski definition) is 9. The van der Waals surface area contributed by atoms with Crippen LogP contribution in [0.15, 0.2) is 58.8 Å². The Labute approximate surface area is 185 Å². The first-order valence-corrected chi connectivity index (χ1v) is 11.9. The molecule has 0 unspecified atom stereocenters. The van der Waals surface area contributed by atoms with Gasteiger partial charge in [0.15, 0.2) is 5.13 Å². The van der Waals surface area contributed by atoms with Gasteiger partial charge in [-0.15, -0.1) is 11.3 Å². The Balaban J connectivity index is 1.57. The number of nitrogen functional groups attached to an aromatic ring is 1. The van der Waals surface area contributed by atoms with Gasteiger partial charge >= 0.3 is 5.97 Å². The Kier molecular flexibility index (Phi) is 5.45. The number of nitrogens with one attached hydrogen (secondary N) is 1. The molecule has 2 heterocycles. The zero-order chi connectivity index (χ0) is 22.2. The quantitative estimate of drug-likeness (QED) is 0.330. The van der Waals surface area contributed by atoms with Crippen LogP contribution < -0.4 is 16.2 Å². The van der Waals surface area contributed by atoms with E-state index in [-0.39, 0.29) is 10.5 Å². The van der Waals surface area contributed by atoms with Crippen LogP contribution in [0.3, 0.4) is 0 Å². The van der Waals surface area contributed by atoms with Gasteiger partial charge in [-0.3, -0.25) is 0 Å². The van der Waals surface area contributed by atoms with E-state index in [9.17, 15) is 18.3 Å². The Morgan fingerprint density at radius 1 is 1.10 bits per heavy atom. The summed E-state index contributed by atoms with van der Waals surface area (Å²) in [5.74, 6) is -0.703. The highest BCUT2D eigenvalue weighted by Gasteiger charge is 2.16. The number of aromatic carboxylic acids is 1. The zero-order valence-electron chi connectivity index (χ0n) is 15.6. The van der Waals surface area contributed by atoms with Crippen molar-refractivity contribution in [3.05, 3.63) is 59.5 Å². The van der Waals surface area contributed by atoms with Gasteiger partial charge in [0.2, 0.25) is 10.0 Å². The molecular weight excluding hydrogens is 458 g/mol. The number of benzene rings is 2. The predicted octanol–water partition coefficient (Wildman–Crippen LogP) is 3.61. The van der Waals surface area contributed by atoms with Crippen molar-refractivity contribution in [3.63, 3.8) is 0 Å². The molecule has 0 aliphatic rings. The lowest BCUT2D eigenvalue weighted by Gasteiger charge is -2.03. The summed E-state index contributed by atoms with van der Waals surface area (Å²) in [6, 6.07) is 12.5. The topological polar surface area (TPSA) is 161 Å². The first-order valence-electron chi connectivity index (χ1n) is 8.66. The molecule has 0 spiro atoms.